The minimum Gasteiger partial charge on any atom is -0.193 e. The van der Waals surface area contributed by atoms with E-state index in [0.29, 0.717) is 0 Å². The quantitative estimate of drug-likeness (QED) is 0.557. The van der Waals surface area contributed by atoms with Gasteiger partial charge in [0.05, 0.1) is 6.07 Å². The van der Waals surface area contributed by atoms with E-state index >= 15 is 0 Å². The summed E-state index contributed by atoms with van der Waals surface area (Å²) in [4.78, 5) is 0. The summed E-state index contributed by atoms with van der Waals surface area (Å²) in [6.07, 6.45) is 3.27. The standard InChI is InChI=1S/C10H8BrN/c11-8-10-5-3-9(4-6-10)2-1-7-12/h1-6H,8H2/b2-1+. The Labute approximate surface area is 80.5 Å². The smallest absolute Gasteiger partial charge is 0.0912 e. The van der Waals surface area contributed by atoms with E-state index in [9.17, 15) is 0 Å². The molecule has 0 aromatic heterocycles. The lowest BCUT2D eigenvalue weighted by Gasteiger charge is -1.94. The third-order valence-corrected chi connectivity index (χ3v) is 2.13. The van der Waals surface area contributed by atoms with Gasteiger partial charge in [0, 0.05) is 11.4 Å². The molecule has 0 amide bonds. The summed E-state index contributed by atoms with van der Waals surface area (Å²) >= 11 is 3.36. The van der Waals surface area contributed by atoms with Gasteiger partial charge in [0.2, 0.25) is 0 Å². The topological polar surface area (TPSA) is 23.8 Å². The van der Waals surface area contributed by atoms with Crippen LogP contribution >= 0.6 is 15.9 Å². The monoisotopic (exact) mass is 221 g/mol. The molecule has 0 N–H and O–H groups in total. The van der Waals surface area contributed by atoms with E-state index in [-0.39, 0.29) is 0 Å². The van der Waals surface area contributed by atoms with E-state index in [4.69, 9.17) is 5.26 Å². The SMILES string of the molecule is N#C/C=C/c1ccc(CBr)cc1. The van der Waals surface area contributed by atoms with Crippen LogP contribution in [0.25, 0.3) is 6.08 Å². The largest absolute Gasteiger partial charge is 0.193 e. The van der Waals surface area contributed by atoms with Crippen LogP contribution in [0.1, 0.15) is 11.1 Å². The van der Waals surface area contributed by atoms with Gasteiger partial charge in [0.1, 0.15) is 0 Å². The van der Waals surface area contributed by atoms with E-state index in [2.05, 4.69) is 15.9 Å². The first-order chi connectivity index (χ1) is 5.86. The first-order valence-corrected chi connectivity index (χ1v) is 4.70. The van der Waals surface area contributed by atoms with E-state index in [0.717, 1.165) is 10.9 Å². The molecule has 0 atom stereocenters. The summed E-state index contributed by atoms with van der Waals surface area (Å²) < 4.78 is 0. The number of halogens is 1. The molecule has 1 rings (SSSR count). The van der Waals surface area contributed by atoms with Crippen molar-refractivity contribution in [2.24, 2.45) is 0 Å². The van der Waals surface area contributed by atoms with Crippen molar-refractivity contribution in [1.82, 2.24) is 0 Å². The van der Waals surface area contributed by atoms with Crippen LogP contribution in [0.15, 0.2) is 30.3 Å². The lowest BCUT2D eigenvalue weighted by atomic mass is 10.1. The zero-order chi connectivity index (χ0) is 8.81. The third-order valence-electron chi connectivity index (χ3n) is 1.48. The number of hydrogen-bond donors (Lipinski definition) is 0. The first-order valence-electron chi connectivity index (χ1n) is 3.58. The van der Waals surface area contributed by atoms with Crippen molar-refractivity contribution in [3.63, 3.8) is 0 Å². The number of nitrogens with zero attached hydrogens (tertiary/aromatic N) is 1. The van der Waals surface area contributed by atoms with Crippen molar-refractivity contribution in [3.05, 3.63) is 41.5 Å². The van der Waals surface area contributed by atoms with Crippen LogP contribution in [0.2, 0.25) is 0 Å². The van der Waals surface area contributed by atoms with Crippen LogP contribution in [0.5, 0.6) is 0 Å². The number of nitriles is 1. The Balaban J connectivity index is 2.79. The normalized spacial score (nSPS) is 10.0. The second kappa shape index (κ2) is 4.74. The molecule has 2 heteroatoms. The lowest BCUT2D eigenvalue weighted by Crippen LogP contribution is -1.76. The number of allylic oxidation sites excluding steroid dienone is 1. The Morgan fingerprint density at radius 2 is 2.00 bits per heavy atom. The van der Waals surface area contributed by atoms with Crippen LogP contribution in [0.4, 0.5) is 0 Å². The molecule has 12 heavy (non-hydrogen) atoms. The first kappa shape index (κ1) is 9.02. The van der Waals surface area contributed by atoms with Gasteiger partial charge in [-0.25, -0.2) is 0 Å². The average molecular weight is 222 g/mol. The molecule has 1 nitrogen and oxygen atoms in total. The molecule has 0 unspecified atom stereocenters. The fraction of sp³-hybridized carbons (Fsp3) is 0.100. The van der Waals surface area contributed by atoms with E-state index in [1.165, 1.54) is 11.6 Å². The molecule has 0 saturated carbocycles. The molecule has 0 fully saturated rings. The fourth-order valence-electron chi connectivity index (χ4n) is 0.851. The van der Waals surface area contributed by atoms with Gasteiger partial charge in [-0.2, -0.15) is 5.26 Å². The number of hydrogen-bond acceptors (Lipinski definition) is 1. The van der Waals surface area contributed by atoms with Crippen molar-refractivity contribution < 1.29 is 0 Å². The number of benzene rings is 1. The maximum absolute atomic E-state index is 8.28. The zero-order valence-electron chi connectivity index (χ0n) is 6.50. The van der Waals surface area contributed by atoms with Gasteiger partial charge in [-0.1, -0.05) is 40.2 Å². The summed E-state index contributed by atoms with van der Waals surface area (Å²) in [7, 11) is 0. The molecule has 1 aromatic rings. The van der Waals surface area contributed by atoms with Crippen molar-refractivity contribution in [1.29, 1.82) is 5.26 Å². The van der Waals surface area contributed by atoms with Crippen molar-refractivity contribution >= 4 is 22.0 Å². The molecular formula is C10H8BrN. The second-order valence-electron chi connectivity index (χ2n) is 2.34. The van der Waals surface area contributed by atoms with Gasteiger partial charge in [-0.3, -0.25) is 0 Å². The van der Waals surface area contributed by atoms with Crippen molar-refractivity contribution in [2.45, 2.75) is 5.33 Å². The molecule has 0 aliphatic rings. The van der Waals surface area contributed by atoms with Gasteiger partial charge in [-0.05, 0) is 17.2 Å². The molecule has 1 aromatic carbocycles. The highest BCUT2D eigenvalue weighted by Gasteiger charge is 1.88. The van der Waals surface area contributed by atoms with Crippen molar-refractivity contribution in [2.75, 3.05) is 0 Å². The van der Waals surface area contributed by atoms with Crippen LogP contribution in [0.3, 0.4) is 0 Å². The summed E-state index contributed by atoms with van der Waals surface area (Å²) in [5, 5.41) is 9.15. The summed E-state index contributed by atoms with van der Waals surface area (Å²) in [5.41, 5.74) is 2.30. The summed E-state index contributed by atoms with van der Waals surface area (Å²) in [5.74, 6) is 0. The molecule has 60 valence electrons. The van der Waals surface area contributed by atoms with E-state index in [1.807, 2.05) is 30.3 Å². The zero-order valence-corrected chi connectivity index (χ0v) is 8.08. The second-order valence-corrected chi connectivity index (χ2v) is 2.90. The van der Waals surface area contributed by atoms with Gasteiger partial charge >= 0.3 is 0 Å². The van der Waals surface area contributed by atoms with Crippen LogP contribution < -0.4 is 0 Å². The highest BCUT2D eigenvalue weighted by molar-refractivity contribution is 9.08. The Kier molecular flexibility index (Phi) is 3.56. The lowest BCUT2D eigenvalue weighted by molar-refractivity contribution is 1.43. The highest BCUT2D eigenvalue weighted by Crippen LogP contribution is 2.08. The van der Waals surface area contributed by atoms with Crippen molar-refractivity contribution in [3.8, 4) is 6.07 Å². The molecule has 0 aliphatic heterocycles. The van der Waals surface area contributed by atoms with Gasteiger partial charge < -0.3 is 0 Å². The predicted molar refractivity (Wildman–Crippen MR) is 53.7 cm³/mol. The molecule has 0 radical (unpaired) electrons. The van der Waals surface area contributed by atoms with Gasteiger partial charge in [-0.15, -0.1) is 0 Å². The maximum atomic E-state index is 8.28. The van der Waals surface area contributed by atoms with Crippen LogP contribution in [-0.2, 0) is 5.33 Å². The Bertz CT molecular complexity index is 306. The van der Waals surface area contributed by atoms with E-state index in [1.54, 1.807) is 6.08 Å². The Morgan fingerprint density at radius 1 is 1.33 bits per heavy atom. The average Bonchev–Trinajstić information content (AvgIpc) is 2.15. The molecule has 0 spiro atoms. The molecule has 0 heterocycles. The van der Waals surface area contributed by atoms with E-state index < -0.39 is 0 Å². The minimum absolute atomic E-state index is 0.870. The Hall–Kier alpha value is -1.07. The Morgan fingerprint density at radius 3 is 2.50 bits per heavy atom. The number of alkyl halides is 1. The number of rotatable bonds is 2. The molecule has 0 aliphatic carbocycles. The van der Waals surface area contributed by atoms with Gasteiger partial charge in [0.15, 0.2) is 0 Å². The minimum atomic E-state index is 0.870. The molecule has 0 saturated heterocycles. The fourth-order valence-corrected chi connectivity index (χ4v) is 1.23. The maximum Gasteiger partial charge on any atom is 0.0912 e. The molecular weight excluding hydrogens is 214 g/mol. The summed E-state index contributed by atoms with van der Waals surface area (Å²) in [6, 6.07) is 10.0. The van der Waals surface area contributed by atoms with Crippen LogP contribution in [-0.4, -0.2) is 0 Å². The highest BCUT2D eigenvalue weighted by atomic mass is 79.9. The molecule has 0 bridgehead atoms. The third kappa shape index (κ3) is 2.52. The predicted octanol–water partition coefficient (Wildman–Crippen LogP) is 3.12. The summed E-state index contributed by atoms with van der Waals surface area (Å²) in [6.45, 7) is 0. The van der Waals surface area contributed by atoms with Gasteiger partial charge in [0.25, 0.3) is 0 Å². The van der Waals surface area contributed by atoms with Crippen LogP contribution in [0, 0.1) is 11.3 Å².